The van der Waals surface area contributed by atoms with Gasteiger partial charge in [-0.1, -0.05) is 6.92 Å². The second kappa shape index (κ2) is 2.66. The second-order valence-electron chi connectivity index (χ2n) is 3.40. The molecule has 0 aromatic carbocycles. The average molecular weight is 167 g/mol. The standard InChI is InChI=1S/C7H13N5/c1-4-2-5(4)3-9-7-10-6(8)11-12-7/h4-5H,2-3H2,1H3,(H4,8,9,10,11,12). The number of H-pyrrole nitrogens is 1. The number of nitrogens with two attached hydrogens (primary N) is 1. The molecule has 1 aliphatic carbocycles. The molecule has 0 bridgehead atoms. The molecular weight excluding hydrogens is 154 g/mol. The SMILES string of the molecule is CC1CC1CNc1n[nH]c(N)n1. The number of hydrogen-bond acceptors (Lipinski definition) is 4. The second-order valence-corrected chi connectivity index (χ2v) is 3.40. The number of anilines is 2. The first kappa shape index (κ1) is 7.39. The quantitative estimate of drug-likeness (QED) is 0.610. The van der Waals surface area contributed by atoms with Gasteiger partial charge in [0, 0.05) is 6.54 Å². The third kappa shape index (κ3) is 1.49. The van der Waals surface area contributed by atoms with Crippen molar-refractivity contribution < 1.29 is 0 Å². The highest BCUT2D eigenvalue weighted by Crippen LogP contribution is 2.37. The van der Waals surface area contributed by atoms with E-state index in [0.29, 0.717) is 11.9 Å². The van der Waals surface area contributed by atoms with Gasteiger partial charge in [0.1, 0.15) is 0 Å². The van der Waals surface area contributed by atoms with E-state index in [-0.39, 0.29) is 0 Å². The van der Waals surface area contributed by atoms with E-state index in [0.717, 1.165) is 18.4 Å². The van der Waals surface area contributed by atoms with Crippen LogP contribution in [0.5, 0.6) is 0 Å². The van der Waals surface area contributed by atoms with Crippen LogP contribution in [-0.4, -0.2) is 21.7 Å². The Hall–Kier alpha value is -1.26. The highest BCUT2D eigenvalue weighted by molar-refractivity contribution is 5.29. The molecule has 1 saturated carbocycles. The van der Waals surface area contributed by atoms with Crippen LogP contribution in [0, 0.1) is 11.8 Å². The lowest BCUT2D eigenvalue weighted by Crippen LogP contribution is -2.05. The third-order valence-corrected chi connectivity index (χ3v) is 2.30. The summed E-state index contributed by atoms with van der Waals surface area (Å²) >= 11 is 0. The maximum absolute atomic E-state index is 5.36. The Balaban J connectivity index is 1.80. The molecule has 2 atom stereocenters. The molecule has 1 aliphatic rings. The van der Waals surface area contributed by atoms with Crippen molar-refractivity contribution in [1.29, 1.82) is 0 Å². The molecule has 5 nitrogen and oxygen atoms in total. The Kier molecular flexibility index (Phi) is 1.64. The maximum atomic E-state index is 5.36. The number of nitrogens with zero attached hydrogens (tertiary/aromatic N) is 2. The molecule has 2 unspecified atom stereocenters. The monoisotopic (exact) mass is 167 g/mol. The summed E-state index contributed by atoms with van der Waals surface area (Å²) in [6.07, 6.45) is 1.31. The van der Waals surface area contributed by atoms with Gasteiger partial charge in [0.25, 0.3) is 0 Å². The fourth-order valence-corrected chi connectivity index (χ4v) is 1.26. The van der Waals surface area contributed by atoms with Crippen LogP contribution < -0.4 is 11.1 Å². The fourth-order valence-electron chi connectivity index (χ4n) is 1.26. The zero-order valence-electron chi connectivity index (χ0n) is 7.04. The topological polar surface area (TPSA) is 79.6 Å². The van der Waals surface area contributed by atoms with Crippen LogP contribution in [0.3, 0.4) is 0 Å². The van der Waals surface area contributed by atoms with Gasteiger partial charge < -0.3 is 11.1 Å². The zero-order valence-corrected chi connectivity index (χ0v) is 7.04. The van der Waals surface area contributed by atoms with E-state index in [1.807, 2.05) is 0 Å². The third-order valence-electron chi connectivity index (χ3n) is 2.30. The summed E-state index contributed by atoms with van der Waals surface area (Å²) in [5, 5.41) is 9.57. The summed E-state index contributed by atoms with van der Waals surface area (Å²) in [6.45, 7) is 3.21. The summed E-state index contributed by atoms with van der Waals surface area (Å²) in [5.41, 5.74) is 5.36. The molecule has 0 saturated heterocycles. The lowest BCUT2D eigenvalue weighted by atomic mass is 10.3. The van der Waals surface area contributed by atoms with Gasteiger partial charge in [0.05, 0.1) is 0 Å². The van der Waals surface area contributed by atoms with Crippen LogP contribution in [0.15, 0.2) is 0 Å². The van der Waals surface area contributed by atoms with Gasteiger partial charge in [0.2, 0.25) is 11.9 Å². The lowest BCUT2D eigenvalue weighted by Gasteiger charge is -1.97. The largest absolute Gasteiger partial charge is 0.368 e. The molecule has 5 heteroatoms. The van der Waals surface area contributed by atoms with E-state index < -0.39 is 0 Å². The van der Waals surface area contributed by atoms with Crippen LogP contribution in [0.2, 0.25) is 0 Å². The summed E-state index contributed by atoms with van der Waals surface area (Å²) in [6, 6.07) is 0. The first-order valence-electron chi connectivity index (χ1n) is 4.17. The smallest absolute Gasteiger partial charge is 0.243 e. The number of rotatable bonds is 3. The molecule has 1 fully saturated rings. The Bertz CT molecular complexity index is 269. The van der Waals surface area contributed by atoms with Crippen molar-refractivity contribution in [2.75, 3.05) is 17.6 Å². The first-order chi connectivity index (χ1) is 5.75. The molecule has 1 aromatic heterocycles. The Labute approximate surface area is 70.8 Å². The first-order valence-corrected chi connectivity index (χ1v) is 4.17. The average Bonchev–Trinajstić information content (AvgIpc) is 2.56. The highest BCUT2D eigenvalue weighted by atomic mass is 15.3. The van der Waals surface area contributed by atoms with Crippen LogP contribution in [0.25, 0.3) is 0 Å². The fraction of sp³-hybridized carbons (Fsp3) is 0.714. The van der Waals surface area contributed by atoms with Gasteiger partial charge in [0.15, 0.2) is 0 Å². The van der Waals surface area contributed by atoms with Crippen LogP contribution >= 0.6 is 0 Å². The van der Waals surface area contributed by atoms with Crippen molar-refractivity contribution in [1.82, 2.24) is 15.2 Å². The predicted octanol–water partition coefficient (Wildman–Crippen LogP) is 0.455. The van der Waals surface area contributed by atoms with E-state index in [2.05, 4.69) is 27.4 Å². The van der Waals surface area contributed by atoms with Gasteiger partial charge in [-0.2, -0.15) is 4.98 Å². The molecule has 0 amide bonds. The van der Waals surface area contributed by atoms with Crippen molar-refractivity contribution in [2.24, 2.45) is 11.8 Å². The Morgan fingerprint density at radius 3 is 3.00 bits per heavy atom. The van der Waals surface area contributed by atoms with E-state index in [9.17, 15) is 0 Å². The van der Waals surface area contributed by atoms with Gasteiger partial charge in [-0.15, -0.1) is 5.10 Å². The number of nitrogen functional groups attached to an aromatic ring is 1. The van der Waals surface area contributed by atoms with Gasteiger partial charge in [-0.3, -0.25) is 0 Å². The van der Waals surface area contributed by atoms with Gasteiger partial charge in [-0.25, -0.2) is 5.10 Å². The summed E-state index contributed by atoms with van der Waals surface area (Å²) in [7, 11) is 0. The molecule has 0 radical (unpaired) electrons. The van der Waals surface area contributed by atoms with E-state index >= 15 is 0 Å². The van der Waals surface area contributed by atoms with E-state index in [1.54, 1.807) is 0 Å². The van der Waals surface area contributed by atoms with E-state index in [4.69, 9.17) is 5.73 Å². The molecule has 2 rings (SSSR count). The molecule has 4 N–H and O–H groups in total. The normalized spacial score (nSPS) is 27.1. The number of aromatic nitrogens is 3. The van der Waals surface area contributed by atoms with Crippen molar-refractivity contribution in [3.8, 4) is 0 Å². The van der Waals surface area contributed by atoms with Gasteiger partial charge >= 0.3 is 0 Å². The maximum Gasteiger partial charge on any atom is 0.243 e. The highest BCUT2D eigenvalue weighted by Gasteiger charge is 2.32. The Morgan fingerprint density at radius 2 is 2.50 bits per heavy atom. The number of aromatic amines is 1. The van der Waals surface area contributed by atoms with Crippen molar-refractivity contribution in [2.45, 2.75) is 13.3 Å². The van der Waals surface area contributed by atoms with Crippen LogP contribution in [-0.2, 0) is 0 Å². The molecule has 12 heavy (non-hydrogen) atoms. The summed E-state index contributed by atoms with van der Waals surface area (Å²) in [5.74, 6) is 2.62. The number of nitrogens with one attached hydrogen (secondary N) is 2. The minimum Gasteiger partial charge on any atom is -0.368 e. The molecule has 66 valence electrons. The molecule has 0 aliphatic heterocycles. The van der Waals surface area contributed by atoms with Crippen molar-refractivity contribution in [3.05, 3.63) is 0 Å². The minimum atomic E-state index is 0.362. The van der Waals surface area contributed by atoms with Crippen LogP contribution in [0.1, 0.15) is 13.3 Å². The number of hydrogen-bond donors (Lipinski definition) is 3. The molecular formula is C7H13N5. The van der Waals surface area contributed by atoms with Crippen molar-refractivity contribution >= 4 is 11.9 Å². The van der Waals surface area contributed by atoms with Crippen molar-refractivity contribution in [3.63, 3.8) is 0 Å². The van der Waals surface area contributed by atoms with E-state index in [1.165, 1.54) is 6.42 Å². The zero-order chi connectivity index (χ0) is 8.55. The van der Waals surface area contributed by atoms with Crippen LogP contribution in [0.4, 0.5) is 11.9 Å². The molecule has 1 heterocycles. The minimum absolute atomic E-state index is 0.362. The summed E-state index contributed by atoms with van der Waals surface area (Å²) in [4.78, 5) is 3.94. The summed E-state index contributed by atoms with van der Waals surface area (Å²) < 4.78 is 0. The molecule has 1 aromatic rings. The predicted molar refractivity (Wildman–Crippen MR) is 46.6 cm³/mol. The van der Waals surface area contributed by atoms with Gasteiger partial charge in [-0.05, 0) is 18.3 Å². The molecule has 0 spiro atoms. The Morgan fingerprint density at radius 1 is 1.75 bits per heavy atom. The lowest BCUT2D eigenvalue weighted by molar-refractivity contribution is 0.781.